The standard InChI is InChI=1S/C16H14FN3OS/c1-10(15(21)18-12-7-3-2-6-11(12)17)22-16-19-13-8-4-5-9-14(13)20-16/h2-10H,1H3,(H,18,21)(H,19,20)/t10-/m1/s1. The van der Waals surface area contributed by atoms with E-state index in [0.717, 1.165) is 11.0 Å². The Labute approximate surface area is 131 Å². The molecule has 4 nitrogen and oxygen atoms in total. The lowest BCUT2D eigenvalue weighted by molar-refractivity contribution is -0.115. The number of fused-ring (bicyclic) bond motifs is 1. The van der Waals surface area contributed by atoms with Gasteiger partial charge in [-0.2, -0.15) is 0 Å². The van der Waals surface area contributed by atoms with E-state index in [4.69, 9.17) is 0 Å². The Balaban J connectivity index is 1.69. The molecule has 1 atom stereocenters. The first kappa shape index (κ1) is 14.6. The van der Waals surface area contributed by atoms with Crippen LogP contribution in [0.15, 0.2) is 53.7 Å². The molecule has 0 aliphatic carbocycles. The summed E-state index contributed by atoms with van der Waals surface area (Å²) in [6, 6.07) is 13.8. The lowest BCUT2D eigenvalue weighted by atomic mass is 10.3. The van der Waals surface area contributed by atoms with Crippen molar-refractivity contribution in [1.29, 1.82) is 0 Å². The number of benzene rings is 2. The van der Waals surface area contributed by atoms with Gasteiger partial charge in [0.05, 0.1) is 22.0 Å². The molecular weight excluding hydrogens is 301 g/mol. The zero-order chi connectivity index (χ0) is 15.5. The fourth-order valence-electron chi connectivity index (χ4n) is 2.00. The molecule has 3 aromatic rings. The van der Waals surface area contributed by atoms with Crippen molar-refractivity contribution < 1.29 is 9.18 Å². The second kappa shape index (κ2) is 6.19. The molecule has 0 bridgehead atoms. The Morgan fingerprint density at radius 2 is 1.95 bits per heavy atom. The third kappa shape index (κ3) is 3.12. The summed E-state index contributed by atoms with van der Waals surface area (Å²) in [5, 5.41) is 2.85. The number of para-hydroxylation sites is 3. The number of rotatable bonds is 4. The number of amides is 1. The van der Waals surface area contributed by atoms with E-state index in [-0.39, 0.29) is 11.6 Å². The summed E-state index contributed by atoms with van der Waals surface area (Å²) >= 11 is 1.30. The molecule has 0 saturated carbocycles. The largest absolute Gasteiger partial charge is 0.333 e. The monoisotopic (exact) mass is 315 g/mol. The van der Waals surface area contributed by atoms with Crippen LogP contribution in [-0.4, -0.2) is 21.1 Å². The van der Waals surface area contributed by atoms with Crippen LogP contribution >= 0.6 is 11.8 Å². The fourth-order valence-corrected chi connectivity index (χ4v) is 2.82. The van der Waals surface area contributed by atoms with E-state index in [1.165, 1.54) is 23.9 Å². The van der Waals surface area contributed by atoms with Gasteiger partial charge in [0, 0.05) is 0 Å². The van der Waals surface area contributed by atoms with Crippen LogP contribution in [0.5, 0.6) is 0 Å². The molecule has 112 valence electrons. The molecule has 0 fully saturated rings. The molecule has 0 unspecified atom stereocenters. The average Bonchev–Trinajstić information content (AvgIpc) is 2.91. The molecule has 22 heavy (non-hydrogen) atoms. The molecule has 1 aromatic heterocycles. The normalized spacial score (nSPS) is 12.3. The average molecular weight is 315 g/mol. The molecule has 1 amide bonds. The molecule has 2 aromatic carbocycles. The highest BCUT2D eigenvalue weighted by molar-refractivity contribution is 8.00. The SMILES string of the molecule is C[C@@H](Sc1nc2ccccc2[nH]1)C(=O)Nc1ccccc1F. The molecule has 0 aliphatic heterocycles. The van der Waals surface area contributed by atoms with Gasteiger partial charge in [0.1, 0.15) is 5.82 Å². The minimum absolute atomic E-state index is 0.185. The van der Waals surface area contributed by atoms with E-state index in [0.29, 0.717) is 5.16 Å². The Hall–Kier alpha value is -2.34. The molecule has 6 heteroatoms. The maximum absolute atomic E-state index is 13.5. The van der Waals surface area contributed by atoms with Gasteiger partial charge in [-0.15, -0.1) is 0 Å². The lowest BCUT2D eigenvalue weighted by Crippen LogP contribution is -2.23. The topological polar surface area (TPSA) is 57.8 Å². The zero-order valence-corrected chi connectivity index (χ0v) is 12.7. The van der Waals surface area contributed by atoms with Crippen molar-refractivity contribution in [1.82, 2.24) is 9.97 Å². The summed E-state index contributed by atoms with van der Waals surface area (Å²) in [6.07, 6.45) is 0. The lowest BCUT2D eigenvalue weighted by Gasteiger charge is -2.10. The number of hydrogen-bond donors (Lipinski definition) is 2. The third-order valence-corrected chi connectivity index (χ3v) is 4.14. The Bertz CT molecular complexity index is 785. The van der Waals surface area contributed by atoms with Crippen molar-refractivity contribution in [3.05, 3.63) is 54.3 Å². The van der Waals surface area contributed by atoms with E-state index >= 15 is 0 Å². The minimum Gasteiger partial charge on any atom is -0.333 e. The highest BCUT2D eigenvalue weighted by atomic mass is 32.2. The van der Waals surface area contributed by atoms with Crippen LogP contribution in [0.2, 0.25) is 0 Å². The van der Waals surface area contributed by atoms with Crippen molar-refractivity contribution in [3.8, 4) is 0 Å². The Morgan fingerprint density at radius 3 is 2.73 bits per heavy atom. The van der Waals surface area contributed by atoms with E-state index in [1.807, 2.05) is 24.3 Å². The van der Waals surface area contributed by atoms with Crippen molar-refractivity contribution in [2.75, 3.05) is 5.32 Å². The van der Waals surface area contributed by atoms with Gasteiger partial charge in [0.25, 0.3) is 0 Å². The number of halogens is 1. The van der Waals surface area contributed by atoms with Gasteiger partial charge in [-0.3, -0.25) is 4.79 Å². The molecular formula is C16H14FN3OS. The smallest absolute Gasteiger partial charge is 0.237 e. The van der Waals surface area contributed by atoms with E-state index in [9.17, 15) is 9.18 Å². The predicted octanol–water partition coefficient (Wildman–Crippen LogP) is 3.82. The highest BCUT2D eigenvalue weighted by Gasteiger charge is 2.17. The number of anilines is 1. The molecule has 3 rings (SSSR count). The molecule has 0 spiro atoms. The number of aromatic amines is 1. The fraction of sp³-hybridized carbons (Fsp3) is 0.125. The van der Waals surface area contributed by atoms with Crippen LogP contribution in [0, 0.1) is 5.82 Å². The van der Waals surface area contributed by atoms with Crippen LogP contribution in [0.1, 0.15) is 6.92 Å². The first-order valence-electron chi connectivity index (χ1n) is 6.80. The summed E-state index contributed by atoms with van der Waals surface area (Å²) in [5.74, 6) is -0.715. The first-order valence-corrected chi connectivity index (χ1v) is 7.68. The van der Waals surface area contributed by atoms with Gasteiger partial charge in [0.15, 0.2) is 5.16 Å². The number of aromatic nitrogens is 2. The van der Waals surface area contributed by atoms with E-state index in [2.05, 4.69) is 15.3 Å². The second-order valence-corrected chi connectivity index (χ2v) is 6.12. The van der Waals surface area contributed by atoms with Gasteiger partial charge in [-0.1, -0.05) is 36.0 Å². The zero-order valence-electron chi connectivity index (χ0n) is 11.8. The number of imidazole rings is 1. The van der Waals surface area contributed by atoms with Crippen molar-refractivity contribution in [2.45, 2.75) is 17.3 Å². The first-order chi connectivity index (χ1) is 10.6. The van der Waals surface area contributed by atoms with Crippen LogP contribution < -0.4 is 5.32 Å². The number of nitrogens with one attached hydrogen (secondary N) is 2. The summed E-state index contributed by atoms with van der Waals surface area (Å²) in [6.45, 7) is 1.76. The molecule has 0 saturated heterocycles. The van der Waals surface area contributed by atoms with Crippen molar-refractivity contribution in [3.63, 3.8) is 0 Å². The third-order valence-electron chi connectivity index (χ3n) is 3.16. The molecule has 1 heterocycles. The maximum Gasteiger partial charge on any atom is 0.237 e. The minimum atomic E-state index is -0.447. The van der Waals surface area contributed by atoms with E-state index < -0.39 is 11.1 Å². The maximum atomic E-state index is 13.5. The van der Waals surface area contributed by atoms with E-state index in [1.54, 1.807) is 19.1 Å². The number of nitrogens with zero attached hydrogens (tertiary/aromatic N) is 1. The van der Waals surface area contributed by atoms with Crippen molar-refractivity contribution in [2.24, 2.45) is 0 Å². The van der Waals surface area contributed by atoms with Crippen LogP contribution in [-0.2, 0) is 4.79 Å². The molecule has 0 radical (unpaired) electrons. The number of carbonyl (C=O) groups is 1. The summed E-state index contributed by atoms with van der Waals surface area (Å²) < 4.78 is 13.5. The second-order valence-electron chi connectivity index (χ2n) is 4.79. The molecule has 2 N–H and O–H groups in total. The quantitative estimate of drug-likeness (QED) is 0.720. The van der Waals surface area contributed by atoms with Gasteiger partial charge >= 0.3 is 0 Å². The summed E-state index contributed by atoms with van der Waals surface area (Å²) in [4.78, 5) is 19.7. The highest BCUT2D eigenvalue weighted by Crippen LogP contribution is 2.24. The number of hydrogen-bond acceptors (Lipinski definition) is 3. The van der Waals surface area contributed by atoms with Crippen molar-refractivity contribution >= 4 is 34.4 Å². The summed E-state index contributed by atoms with van der Waals surface area (Å²) in [5.41, 5.74) is 1.96. The number of H-pyrrole nitrogens is 1. The van der Waals surface area contributed by atoms with Crippen LogP contribution in [0.3, 0.4) is 0 Å². The Morgan fingerprint density at radius 1 is 1.23 bits per heavy atom. The summed E-state index contributed by atoms with van der Waals surface area (Å²) in [7, 11) is 0. The van der Waals surface area contributed by atoms with Crippen LogP contribution in [0.4, 0.5) is 10.1 Å². The Kier molecular flexibility index (Phi) is 4.11. The van der Waals surface area contributed by atoms with Gasteiger partial charge in [-0.25, -0.2) is 9.37 Å². The predicted molar refractivity (Wildman–Crippen MR) is 86.4 cm³/mol. The van der Waals surface area contributed by atoms with Gasteiger partial charge in [0.2, 0.25) is 5.91 Å². The van der Waals surface area contributed by atoms with Gasteiger partial charge < -0.3 is 10.3 Å². The van der Waals surface area contributed by atoms with Crippen LogP contribution in [0.25, 0.3) is 11.0 Å². The number of carbonyl (C=O) groups excluding carboxylic acids is 1. The molecule has 0 aliphatic rings. The number of thioether (sulfide) groups is 1. The van der Waals surface area contributed by atoms with Gasteiger partial charge in [-0.05, 0) is 31.2 Å².